The summed E-state index contributed by atoms with van der Waals surface area (Å²) in [5.41, 5.74) is 3.66. The van der Waals surface area contributed by atoms with Crippen LogP contribution in [0.5, 0.6) is 11.5 Å². The van der Waals surface area contributed by atoms with Gasteiger partial charge >= 0.3 is 17.7 Å². The van der Waals surface area contributed by atoms with Gasteiger partial charge in [-0.2, -0.15) is 22.7 Å². The molecule has 0 saturated carbocycles. The summed E-state index contributed by atoms with van der Waals surface area (Å²) in [4.78, 5) is 26.7. The number of hydrogen-bond donors (Lipinski definition) is 2. The molecule has 0 saturated heterocycles. The van der Waals surface area contributed by atoms with Crippen molar-refractivity contribution in [2.45, 2.75) is 44.1 Å². The minimum absolute atomic E-state index is 0.0110. The molecule has 0 unspecified atom stereocenters. The van der Waals surface area contributed by atoms with E-state index in [-0.39, 0.29) is 30.8 Å². The molecule has 43 heavy (non-hydrogen) atoms. The normalized spacial score (nSPS) is 14.7. The number of carbonyl (C=O) groups is 2. The molecule has 226 valence electrons. The highest BCUT2D eigenvalue weighted by Gasteiger charge is 2.59. The number of thiophene rings is 2. The summed E-state index contributed by atoms with van der Waals surface area (Å²) in [6.45, 7) is 2.44. The maximum atomic E-state index is 13.3. The van der Waals surface area contributed by atoms with Crippen LogP contribution in [0.15, 0.2) is 76.1 Å². The van der Waals surface area contributed by atoms with E-state index in [1.165, 1.54) is 0 Å². The fourth-order valence-corrected chi connectivity index (χ4v) is 6.18. The number of aliphatic hydroxyl groups excluding tert-OH is 1. The molecule has 3 heterocycles. The van der Waals surface area contributed by atoms with Crippen molar-refractivity contribution in [3.8, 4) is 11.5 Å². The second-order valence-electron chi connectivity index (χ2n) is 10.2. The first-order chi connectivity index (χ1) is 20.8. The largest absolute Gasteiger partial charge is 0.459 e. The lowest BCUT2D eigenvalue weighted by atomic mass is 10.1. The first-order valence-corrected chi connectivity index (χ1v) is 16.1. The molecule has 0 amide bonds. The van der Waals surface area contributed by atoms with Gasteiger partial charge in [0.15, 0.2) is 11.5 Å². The zero-order chi connectivity index (χ0) is 30.2. The van der Waals surface area contributed by atoms with Gasteiger partial charge in [0.25, 0.3) is 0 Å². The molecule has 0 aliphatic carbocycles. The van der Waals surface area contributed by atoms with Crippen LogP contribution in [0.3, 0.4) is 0 Å². The lowest BCUT2D eigenvalue weighted by Crippen LogP contribution is -2.56. The molecule has 0 radical (unpaired) electrons. The van der Waals surface area contributed by atoms with Crippen LogP contribution < -0.4 is 14.8 Å². The SMILES string of the molecule is C[C@H](Cc1ccc2c(c1)OC(C(=O)OCCc1ccsc1)(C(=O)OCCc1ccsc1)O2)NC[C@H](O)c1cccc(Cl)c1. The minimum atomic E-state index is -2.39. The highest BCUT2D eigenvalue weighted by Crippen LogP contribution is 2.41. The van der Waals surface area contributed by atoms with Crippen molar-refractivity contribution in [1.82, 2.24) is 5.32 Å². The molecule has 11 heteroatoms. The number of rotatable bonds is 14. The van der Waals surface area contributed by atoms with E-state index in [1.807, 2.05) is 52.7 Å². The Labute approximate surface area is 263 Å². The summed E-state index contributed by atoms with van der Waals surface area (Å²) in [5.74, 6) is -3.84. The number of halogens is 1. The summed E-state index contributed by atoms with van der Waals surface area (Å²) in [7, 11) is 0. The lowest BCUT2D eigenvalue weighted by molar-refractivity contribution is -0.202. The van der Waals surface area contributed by atoms with Gasteiger partial charge in [-0.15, -0.1) is 0 Å². The molecule has 2 aromatic carbocycles. The van der Waals surface area contributed by atoms with Gasteiger partial charge in [-0.1, -0.05) is 29.8 Å². The van der Waals surface area contributed by atoms with Gasteiger partial charge in [-0.25, -0.2) is 9.59 Å². The van der Waals surface area contributed by atoms with Crippen LogP contribution in [0.25, 0.3) is 0 Å². The maximum Gasteiger partial charge on any atom is 0.453 e. The Kier molecular flexibility index (Phi) is 10.4. The number of carbonyl (C=O) groups excluding carboxylic acids is 2. The predicted octanol–water partition coefficient (Wildman–Crippen LogP) is 5.76. The van der Waals surface area contributed by atoms with Crippen molar-refractivity contribution in [2.75, 3.05) is 19.8 Å². The van der Waals surface area contributed by atoms with E-state index < -0.39 is 23.8 Å². The van der Waals surface area contributed by atoms with Crippen LogP contribution in [-0.4, -0.2) is 48.6 Å². The van der Waals surface area contributed by atoms with Crippen LogP contribution in [0.2, 0.25) is 5.02 Å². The van der Waals surface area contributed by atoms with Crippen LogP contribution in [0.1, 0.15) is 35.3 Å². The molecule has 1 aliphatic rings. The van der Waals surface area contributed by atoms with E-state index in [0.29, 0.717) is 30.8 Å². The molecule has 2 N–H and O–H groups in total. The topological polar surface area (TPSA) is 103 Å². The molecule has 8 nitrogen and oxygen atoms in total. The summed E-state index contributed by atoms with van der Waals surface area (Å²) in [6, 6.07) is 16.2. The molecule has 0 spiro atoms. The Bertz CT molecular complexity index is 1460. The number of fused-ring (bicyclic) bond motifs is 1. The van der Waals surface area contributed by atoms with Crippen LogP contribution >= 0.6 is 34.3 Å². The van der Waals surface area contributed by atoms with E-state index in [2.05, 4.69) is 5.32 Å². The predicted molar refractivity (Wildman–Crippen MR) is 166 cm³/mol. The first-order valence-electron chi connectivity index (χ1n) is 13.9. The van der Waals surface area contributed by atoms with Crippen molar-refractivity contribution in [1.29, 1.82) is 0 Å². The highest BCUT2D eigenvalue weighted by atomic mass is 35.5. The number of aliphatic hydroxyl groups is 1. The smallest absolute Gasteiger partial charge is 0.453 e. The fourth-order valence-electron chi connectivity index (χ4n) is 4.58. The molecular weight excluding hydrogens is 610 g/mol. The Morgan fingerprint density at radius 3 is 2.16 bits per heavy atom. The molecule has 0 fully saturated rings. The average Bonchev–Trinajstić information content (AvgIpc) is 3.78. The number of hydrogen-bond acceptors (Lipinski definition) is 10. The van der Waals surface area contributed by atoms with Crippen LogP contribution in [-0.2, 0) is 38.3 Å². The van der Waals surface area contributed by atoms with E-state index in [1.54, 1.807) is 53.0 Å². The standard InChI is InChI=1S/C32H32ClNO7S2/c1-21(34-18-27(35)25-3-2-4-26(33)17-25)15-24-5-6-28-29(16-24)41-32(40-28,30(36)38-11-7-22-9-13-42-19-22)31(37)39-12-8-23-10-14-43-20-23/h2-6,9-10,13-14,16-17,19-21,27,34-35H,7-8,11-12,15,18H2,1H3/t21-,27+/m1/s1. The molecule has 0 bridgehead atoms. The third-order valence-electron chi connectivity index (χ3n) is 6.90. The summed E-state index contributed by atoms with van der Waals surface area (Å²) in [6.07, 6.45) is 0.858. The Morgan fingerprint density at radius 1 is 0.907 bits per heavy atom. The Hall–Kier alpha value is -3.41. The van der Waals surface area contributed by atoms with Crippen LogP contribution in [0, 0.1) is 0 Å². The second kappa shape index (κ2) is 14.4. The van der Waals surface area contributed by atoms with E-state index >= 15 is 0 Å². The second-order valence-corrected chi connectivity index (χ2v) is 12.2. The third-order valence-corrected chi connectivity index (χ3v) is 8.60. The maximum absolute atomic E-state index is 13.3. The van der Waals surface area contributed by atoms with Crippen molar-refractivity contribution in [3.05, 3.63) is 103 Å². The Morgan fingerprint density at radius 2 is 1.56 bits per heavy atom. The van der Waals surface area contributed by atoms with E-state index in [9.17, 15) is 14.7 Å². The van der Waals surface area contributed by atoms with Crippen molar-refractivity contribution < 1.29 is 33.6 Å². The van der Waals surface area contributed by atoms with Crippen LogP contribution in [0.4, 0.5) is 0 Å². The number of ether oxygens (including phenoxy) is 4. The zero-order valence-corrected chi connectivity index (χ0v) is 25.9. The molecule has 4 aromatic rings. The Balaban J connectivity index is 1.23. The minimum Gasteiger partial charge on any atom is -0.459 e. The van der Waals surface area contributed by atoms with Gasteiger partial charge in [0.05, 0.1) is 19.3 Å². The van der Waals surface area contributed by atoms with E-state index in [0.717, 1.165) is 22.3 Å². The third kappa shape index (κ3) is 7.95. The molecule has 5 rings (SSSR count). The average molecular weight is 642 g/mol. The number of esters is 2. The lowest BCUT2D eigenvalue weighted by Gasteiger charge is -2.23. The van der Waals surface area contributed by atoms with Gasteiger partial charge in [-0.05, 0) is 93.5 Å². The summed E-state index contributed by atoms with van der Waals surface area (Å²) in [5, 5.41) is 22.3. The zero-order valence-electron chi connectivity index (χ0n) is 23.5. The van der Waals surface area contributed by atoms with Gasteiger partial charge in [-0.3, -0.25) is 0 Å². The molecule has 2 atom stereocenters. The van der Waals surface area contributed by atoms with Crippen molar-refractivity contribution in [3.63, 3.8) is 0 Å². The first kappa shape index (κ1) is 31.0. The van der Waals surface area contributed by atoms with Crippen molar-refractivity contribution in [2.24, 2.45) is 0 Å². The van der Waals surface area contributed by atoms with Gasteiger partial charge in [0, 0.05) is 30.5 Å². The number of benzene rings is 2. The fraction of sp³-hybridized carbons (Fsp3) is 0.312. The highest BCUT2D eigenvalue weighted by molar-refractivity contribution is 7.08. The summed E-state index contributed by atoms with van der Waals surface area (Å²) >= 11 is 9.15. The van der Waals surface area contributed by atoms with Gasteiger partial charge in [0.1, 0.15) is 0 Å². The van der Waals surface area contributed by atoms with Gasteiger partial charge < -0.3 is 29.4 Å². The van der Waals surface area contributed by atoms with E-state index in [4.69, 9.17) is 30.5 Å². The summed E-state index contributed by atoms with van der Waals surface area (Å²) < 4.78 is 22.8. The quantitative estimate of drug-likeness (QED) is 0.132. The molecule has 2 aromatic heterocycles. The molecular formula is C32H32ClNO7S2. The monoisotopic (exact) mass is 641 g/mol. The molecule has 1 aliphatic heterocycles. The van der Waals surface area contributed by atoms with Gasteiger partial charge in [0.2, 0.25) is 0 Å². The van der Waals surface area contributed by atoms with Crippen molar-refractivity contribution >= 4 is 46.2 Å². The number of nitrogens with one attached hydrogen (secondary N) is 1.